The van der Waals surface area contributed by atoms with E-state index in [0.29, 0.717) is 5.22 Å². The molecule has 1 aromatic carbocycles. The molecule has 0 aliphatic carbocycles. The molecule has 2 nitrogen and oxygen atoms in total. The van der Waals surface area contributed by atoms with Gasteiger partial charge in [-0.2, -0.15) is 0 Å². The fourth-order valence-electron chi connectivity index (χ4n) is 2.91. The van der Waals surface area contributed by atoms with Crippen molar-refractivity contribution in [2.75, 3.05) is 7.11 Å². The lowest BCUT2D eigenvalue weighted by Gasteiger charge is -2.32. The first kappa shape index (κ1) is 25.2. The van der Waals surface area contributed by atoms with Crippen LogP contribution in [0.2, 0.25) is 0 Å². The molecule has 0 bridgehead atoms. The zero-order valence-electron chi connectivity index (χ0n) is 19.9. The van der Waals surface area contributed by atoms with Crippen LogP contribution in [0.1, 0.15) is 92.9 Å². The van der Waals surface area contributed by atoms with Gasteiger partial charge in [0.05, 0.1) is 18.1 Å². The van der Waals surface area contributed by atoms with Gasteiger partial charge in [0.15, 0.2) is 5.22 Å². The van der Waals surface area contributed by atoms with Crippen LogP contribution in [-0.4, -0.2) is 7.11 Å². The average molecular weight is 424 g/mol. The van der Waals surface area contributed by atoms with E-state index in [1.54, 1.807) is 7.11 Å². The van der Waals surface area contributed by atoms with Gasteiger partial charge in [-0.25, -0.2) is 4.74 Å². The Morgan fingerprint density at radius 2 is 1.32 bits per heavy atom. The van der Waals surface area contributed by atoms with Gasteiger partial charge < -0.3 is 4.74 Å². The summed E-state index contributed by atoms with van der Waals surface area (Å²) in [5.74, 6) is 0.267. The number of allylic oxidation sites excluding steroid dienone is 1. The quantitative estimate of drug-likeness (QED) is 0.349. The van der Waals surface area contributed by atoms with E-state index in [4.69, 9.17) is 21.1 Å². The van der Waals surface area contributed by atoms with E-state index in [-0.39, 0.29) is 22.2 Å². The molecule has 0 saturated heterocycles. The maximum atomic E-state index is 6.33. The zero-order chi connectivity index (χ0) is 22.1. The fraction of sp³-hybridized carbons (Fsp3) is 0.667. The number of hydrogen-bond donors (Lipinski definition) is 0. The lowest BCUT2D eigenvalue weighted by Crippen LogP contribution is -2.21. The molecule has 0 aromatic heterocycles. The van der Waals surface area contributed by atoms with Crippen LogP contribution in [0.15, 0.2) is 27.4 Å². The Morgan fingerprint density at radius 1 is 0.893 bits per heavy atom. The van der Waals surface area contributed by atoms with Crippen LogP contribution in [0, 0.1) is 5.92 Å². The molecule has 0 radical (unpaired) electrons. The normalized spacial score (nSPS) is 14.6. The predicted molar refractivity (Wildman–Crippen MR) is 126 cm³/mol. The van der Waals surface area contributed by atoms with Gasteiger partial charge in [0.2, 0.25) is 0 Å². The monoisotopic (exact) mass is 423 g/mol. The molecule has 0 fully saturated rings. The van der Waals surface area contributed by atoms with Gasteiger partial charge in [0, 0.05) is 8.37 Å². The summed E-state index contributed by atoms with van der Waals surface area (Å²) in [7, 11) is 2.45. The number of hydrogen-bond acceptors (Lipinski definition) is 2. The van der Waals surface area contributed by atoms with E-state index in [2.05, 4.69) is 88.3 Å². The van der Waals surface area contributed by atoms with Gasteiger partial charge in [-0.15, -0.1) is 0 Å². The third-order valence-corrected chi connectivity index (χ3v) is 6.50. The number of halogens is 1. The van der Waals surface area contributed by atoms with Crippen molar-refractivity contribution < 1.29 is 4.74 Å². The highest BCUT2D eigenvalue weighted by Crippen LogP contribution is 2.45. The van der Waals surface area contributed by atoms with Crippen molar-refractivity contribution in [3.05, 3.63) is 39.4 Å². The number of rotatable bonds is 4. The van der Waals surface area contributed by atoms with E-state index in [9.17, 15) is 0 Å². The van der Waals surface area contributed by atoms with E-state index in [1.165, 1.54) is 16.7 Å². The zero-order valence-corrected chi connectivity index (χ0v) is 21.6. The molecule has 0 unspecified atom stereocenters. The molecule has 0 aliphatic heterocycles. The summed E-state index contributed by atoms with van der Waals surface area (Å²) < 4.78 is 10.4. The first-order chi connectivity index (χ1) is 12.5. The maximum Gasteiger partial charge on any atom is 0.196 e. The lowest BCUT2D eigenvalue weighted by atomic mass is 9.74. The summed E-state index contributed by atoms with van der Waals surface area (Å²) in [6, 6.07) is 4.70. The summed E-state index contributed by atoms with van der Waals surface area (Å²) in [6.45, 7) is 24.6. The largest absolute Gasteiger partial charge is 0.486 e. The number of benzene rings is 1. The Morgan fingerprint density at radius 3 is 1.61 bits per heavy atom. The first-order valence-corrected chi connectivity index (χ1v) is 11.3. The van der Waals surface area contributed by atoms with Gasteiger partial charge in [0.1, 0.15) is 0 Å². The summed E-state index contributed by atoms with van der Waals surface area (Å²) >= 11 is 6.33. The molecule has 4 heteroatoms. The Kier molecular flexibility index (Phi) is 7.99. The van der Waals surface area contributed by atoms with Crippen LogP contribution in [0.4, 0.5) is 5.69 Å². The van der Waals surface area contributed by atoms with Crippen molar-refractivity contribution in [2.45, 2.75) is 92.4 Å². The molecule has 0 amide bonds. The van der Waals surface area contributed by atoms with Crippen molar-refractivity contribution in [3.63, 3.8) is 0 Å². The van der Waals surface area contributed by atoms with E-state index in [0.717, 1.165) is 19.4 Å². The molecule has 28 heavy (non-hydrogen) atoms. The number of methoxy groups -OCH3 is 1. The van der Waals surface area contributed by atoms with Gasteiger partial charge in [-0.3, -0.25) is 0 Å². The molecule has 158 valence electrons. The van der Waals surface area contributed by atoms with Crippen molar-refractivity contribution in [3.8, 4) is 0 Å². The second-order valence-electron chi connectivity index (χ2n) is 10.9. The van der Waals surface area contributed by atoms with Crippen LogP contribution < -0.4 is 0 Å². The van der Waals surface area contributed by atoms with Gasteiger partial charge in [-0.05, 0) is 50.5 Å². The minimum absolute atomic E-state index is 0.0115. The highest BCUT2D eigenvalue weighted by molar-refractivity contribution is 7.32. The van der Waals surface area contributed by atoms with Crippen molar-refractivity contribution in [1.29, 1.82) is 0 Å². The number of nitrogens with zero attached hydrogens (tertiary/aromatic N) is 1. The molecule has 0 heterocycles. The first-order valence-electron chi connectivity index (χ1n) is 10.0. The molecular formula is C24H39ClNOP. The third kappa shape index (κ3) is 6.33. The summed E-state index contributed by atoms with van der Waals surface area (Å²) in [5.41, 5.74) is 5.08. The van der Waals surface area contributed by atoms with Gasteiger partial charge >= 0.3 is 0 Å². The van der Waals surface area contributed by atoms with Crippen molar-refractivity contribution >= 4 is 25.7 Å². The Balaban J connectivity index is 3.89. The van der Waals surface area contributed by atoms with E-state index in [1.807, 2.05) is 0 Å². The Labute approximate surface area is 180 Å². The predicted octanol–water partition coefficient (Wildman–Crippen LogP) is 9.05. The van der Waals surface area contributed by atoms with E-state index < -0.39 is 0 Å². The van der Waals surface area contributed by atoms with Crippen molar-refractivity contribution in [1.82, 2.24) is 0 Å². The standard InChI is InChI=1S/C24H39ClNOP/c1-15(2)20(21(25)27-12)28-26-19-17(23(6,7)8)13-16(22(3,4)5)14-18(19)24(9,10)11/h13-15H,1-12H3/b21-20+. The highest BCUT2D eigenvalue weighted by Gasteiger charge is 2.29. The summed E-state index contributed by atoms with van der Waals surface area (Å²) in [4.78, 5) is 0. The Bertz CT molecular complexity index is 721. The van der Waals surface area contributed by atoms with Crippen LogP contribution in [0.5, 0.6) is 0 Å². The van der Waals surface area contributed by atoms with Crippen LogP contribution >= 0.6 is 20.0 Å². The topological polar surface area (TPSA) is 21.6 Å². The minimum Gasteiger partial charge on any atom is -0.486 e. The van der Waals surface area contributed by atoms with E-state index >= 15 is 0 Å². The molecule has 1 aromatic rings. The van der Waals surface area contributed by atoms with Crippen LogP contribution in [0.3, 0.4) is 0 Å². The molecule has 0 atom stereocenters. The van der Waals surface area contributed by atoms with Crippen molar-refractivity contribution in [2.24, 2.45) is 10.7 Å². The van der Waals surface area contributed by atoms with Crippen LogP contribution in [0.25, 0.3) is 0 Å². The number of ether oxygens (including phenoxy) is 1. The summed E-state index contributed by atoms with van der Waals surface area (Å²) in [5, 5.41) is 1.45. The Hall–Kier alpha value is -0.850. The second kappa shape index (κ2) is 8.88. The van der Waals surface area contributed by atoms with Crippen LogP contribution in [-0.2, 0) is 21.0 Å². The SMILES string of the molecule is CO/C(Cl)=C(/P=Nc1c(C(C)(C)C)cc(C(C)(C)C)cc1C(C)(C)C)C(C)C. The highest BCUT2D eigenvalue weighted by atomic mass is 35.5. The maximum absolute atomic E-state index is 6.33. The average Bonchev–Trinajstić information content (AvgIpc) is 2.51. The smallest absolute Gasteiger partial charge is 0.196 e. The summed E-state index contributed by atoms with van der Waals surface area (Å²) in [6.07, 6.45) is 0. The molecule has 1 rings (SSSR count). The third-order valence-electron chi connectivity index (χ3n) is 4.78. The molecule has 0 aliphatic rings. The molecule has 0 saturated carbocycles. The lowest BCUT2D eigenvalue weighted by molar-refractivity contribution is 0.317. The van der Waals surface area contributed by atoms with Gasteiger partial charge in [-0.1, -0.05) is 88.3 Å². The molecule has 0 spiro atoms. The molecule has 0 N–H and O–H groups in total. The van der Waals surface area contributed by atoms with Gasteiger partial charge in [0.25, 0.3) is 0 Å². The second-order valence-corrected chi connectivity index (χ2v) is 12.1. The molecular weight excluding hydrogens is 385 g/mol. The minimum atomic E-state index is -0.0115. The fourth-order valence-corrected chi connectivity index (χ4v) is 4.06.